The number of halogens is 1. The zero-order chi connectivity index (χ0) is 17.6. The number of hydrogen-bond acceptors (Lipinski definition) is 3. The predicted octanol–water partition coefficient (Wildman–Crippen LogP) is 2.02. The molecular formula is C19H22ClN2O3+. The molecule has 1 fully saturated rings. The fraction of sp³-hybridized carbons (Fsp3) is 0.316. The Bertz CT molecular complexity index is 728. The van der Waals surface area contributed by atoms with Crippen molar-refractivity contribution in [3.05, 3.63) is 58.6 Å². The maximum atomic E-state index is 12.5. The van der Waals surface area contributed by atoms with Gasteiger partial charge in [-0.1, -0.05) is 23.7 Å². The van der Waals surface area contributed by atoms with Gasteiger partial charge in [-0.05, 0) is 30.3 Å². The van der Waals surface area contributed by atoms with Crippen LogP contribution in [0.15, 0.2) is 42.5 Å². The maximum Gasteiger partial charge on any atom is 0.255 e. The second-order valence-corrected chi connectivity index (χ2v) is 6.47. The molecular weight excluding hydrogens is 340 g/mol. The summed E-state index contributed by atoms with van der Waals surface area (Å²) in [4.78, 5) is 14.0. The average Bonchev–Trinajstić information content (AvgIpc) is 2.63. The van der Waals surface area contributed by atoms with E-state index in [2.05, 4.69) is 5.32 Å². The van der Waals surface area contributed by atoms with Crippen LogP contribution in [0, 0.1) is 0 Å². The molecule has 3 rings (SSSR count). The Kier molecular flexibility index (Phi) is 5.91. The Morgan fingerprint density at radius 2 is 1.92 bits per heavy atom. The number of morpholine rings is 1. The highest BCUT2D eigenvalue weighted by Crippen LogP contribution is 2.28. The molecule has 0 radical (unpaired) electrons. The molecule has 1 aliphatic rings. The molecule has 2 N–H and O–H groups in total. The van der Waals surface area contributed by atoms with Crippen molar-refractivity contribution in [2.45, 2.75) is 6.54 Å². The number of carbonyl (C=O) groups is 1. The van der Waals surface area contributed by atoms with E-state index in [1.54, 1.807) is 25.3 Å². The lowest BCUT2D eigenvalue weighted by molar-refractivity contribution is -0.921. The third-order valence-corrected chi connectivity index (χ3v) is 4.51. The van der Waals surface area contributed by atoms with E-state index >= 15 is 0 Å². The van der Waals surface area contributed by atoms with Crippen LogP contribution in [0.5, 0.6) is 5.75 Å². The Morgan fingerprint density at radius 3 is 2.60 bits per heavy atom. The van der Waals surface area contributed by atoms with Crippen molar-refractivity contribution in [3.63, 3.8) is 0 Å². The second kappa shape index (κ2) is 8.34. The first kappa shape index (κ1) is 17.7. The summed E-state index contributed by atoms with van der Waals surface area (Å²) in [6.45, 7) is 4.63. The first-order chi connectivity index (χ1) is 12.2. The number of amides is 1. The van der Waals surface area contributed by atoms with Gasteiger partial charge in [0.1, 0.15) is 25.4 Å². The minimum atomic E-state index is -0.189. The highest BCUT2D eigenvalue weighted by molar-refractivity contribution is 6.31. The van der Waals surface area contributed by atoms with Crippen molar-refractivity contribution in [2.75, 3.05) is 38.7 Å². The van der Waals surface area contributed by atoms with Crippen LogP contribution in [-0.2, 0) is 11.3 Å². The summed E-state index contributed by atoms with van der Waals surface area (Å²) in [6.07, 6.45) is 0. The van der Waals surface area contributed by atoms with Crippen LogP contribution in [0.4, 0.5) is 5.69 Å². The van der Waals surface area contributed by atoms with Gasteiger partial charge in [-0.2, -0.15) is 0 Å². The summed E-state index contributed by atoms with van der Waals surface area (Å²) in [5, 5.41) is 3.39. The van der Waals surface area contributed by atoms with E-state index < -0.39 is 0 Å². The number of carbonyl (C=O) groups excluding carboxylic acids is 1. The molecule has 1 saturated heterocycles. The van der Waals surface area contributed by atoms with Gasteiger partial charge >= 0.3 is 0 Å². The quantitative estimate of drug-likeness (QED) is 0.856. The van der Waals surface area contributed by atoms with Crippen molar-refractivity contribution in [1.29, 1.82) is 0 Å². The van der Waals surface area contributed by atoms with Crippen molar-refractivity contribution < 1.29 is 19.2 Å². The zero-order valence-electron chi connectivity index (χ0n) is 14.2. The predicted molar refractivity (Wildman–Crippen MR) is 97.6 cm³/mol. The molecule has 1 aliphatic heterocycles. The standard InChI is InChI=1S/C19H21ClN2O3/c1-24-18-7-6-16(20)12-17(18)21-19(23)15-4-2-14(3-5-15)13-22-8-10-25-11-9-22/h2-7,12H,8-11,13H2,1H3,(H,21,23)/p+1. The van der Waals surface area contributed by atoms with Gasteiger partial charge in [-0.3, -0.25) is 4.79 Å². The molecule has 0 aliphatic carbocycles. The topological polar surface area (TPSA) is 52.0 Å². The van der Waals surface area contributed by atoms with Gasteiger partial charge in [-0.15, -0.1) is 0 Å². The summed E-state index contributed by atoms with van der Waals surface area (Å²) in [5.41, 5.74) is 2.37. The molecule has 0 unspecified atom stereocenters. The zero-order valence-corrected chi connectivity index (χ0v) is 14.9. The van der Waals surface area contributed by atoms with Gasteiger partial charge in [0.05, 0.1) is 26.0 Å². The monoisotopic (exact) mass is 361 g/mol. The first-order valence-corrected chi connectivity index (χ1v) is 8.68. The molecule has 0 atom stereocenters. The smallest absolute Gasteiger partial charge is 0.255 e. The number of nitrogens with one attached hydrogen (secondary N) is 2. The molecule has 1 amide bonds. The van der Waals surface area contributed by atoms with E-state index in [4.69, 9.17) is 21.1 Å². The number of methoxy groups -OCH3 is 1. The van der Waals surface area contributed by atoms with Crippen LogP contribution in [0.1, 0.15) is 15.9 Å². The molecule has 0 spiro atoms. The van der Waals surface area contributed by atoms with Crippen LogP contribution in [0.3, 0.4) is 0 Å². The number of quaternary nitrogens is 1. The molecule has 1 heterocycles. The highest BCUT2D eigenvalue weighted by atomic mass is 35.5. The summed E-state index contributed by atoms with van der Waals surface area (Å²) in [7, 11) is 1.56. The van der Waals surface area contributed by atoms with Crippen LogP contribution < -0.4 is 15.0 Å². The Balaban J connectivity index is 1.65. The van der Waals surface area contributed by atoms with E-state index in [0.29, 0.717) is 22.0 Å². The Morgan fingerprint density at radius 1 is 1.20 bits per heavy atom. The van der Waals surface area contributed by atoms with Gasteiger partial charge in [0.15, 0.2) is 0 Å². The number of hydrogen-bond donors (Lipinski definition) is 2. The number of anilines is 1. The Hall–Kier alpha value is -2.08. The average molecular weight is 362 g/mol. The normalized spacial score (nSPS) is 15.0. The molecule has 0 bridgehead atoms. The summed E-state index contributed by atoms with van der Waals surface area (Å²) in [6, 6.07) is 12.8. The minimum absolute atomic E-state index is 0.189. The van der Waals surface area contributed by atoms with Crippen molar-refractivity contribution in [3.8, 4) is 5.75 Å². The molecule has 5 nitrogen and oxygen atoms in total. The fourth-order valence-electron chi connectivity index (χ4n) is 2.87. The van der Waals surface area contributed by atoms with Crippen LogP contribution in [-0.4, -0.2) is 39.3 Å². The van der Waals surface area contributed by atoms with Gasteiger partial charge in [0, 0.05) is 16.1 Å². The number of rotatable bonds is 5. The van der Waals surface area contributed by atoms with Crippen LogP contribution >= 0.6 is 11.6 Å². The highest BCUT2D eigenvalue weighted by Gasteiger charge is 2.15. The second-order valence-electron chi connectivity index (χ2n) is 6.03. The lowest BCUT2D eigenvalue weighted by atomic mass is 10.1. The molecule has 6 heteroatoms. The van der Waals surface area contributed by atoms with E-state index in [1.165, 1.54) is 10.5 Å². The molecule has 0 aromatic heterocycles. The molecule has 25 heavy (non-hydrogen) atoms. The van der Waals surface area contributed by atoms with E-state index in [9.17, 15) is 4.79 Å². The molecule has 0 saturated carbocycles. The molecule has 2 aromatic rings. The lowest BCUT2D eigenvalue weighted by Gasteiger charge is -2.23. The van der Waals surface area contributed by atoms with Crippen LogP contribution in [0.2, 0.25) is 5.02 Å². The van der Waals surface area contributed by atoms with Crippen molar-refractivity contribution >= 4 is 23.2 Å². The van der Waals surface area contributed by atoms with Crippen molar-refractivity contribution in [1.82, 2.24) is 0 Å². The minimum Gasteiger partial charge on any atom is -0.495 e. The largest absolute Gasteiger partial charge is 0.495 e. The molecule has 2 aromatic carbocycles. The Labute approximate surface area is 152 Å². The van der Waals surface area contributed by atoms with Crippen molar-refractivity contribution in [2.24, 2.45) is 0 Å². The van der Waals surface area contributed by atoms with Crippen LogP contribution in [0.25, 0.3) is 0 Å². The van der Waals surface area contributed by atoms with E-state index in [0.717, 1.165) is 32.8 Å². The maximum absolute atomic E-state index is 12.5. The summed E-state index contributed by atoms with van der Waals surface area (Å²) in [5.74, 6) is 0.385. The fourth-order valence-corrected chi connectivity index (χ4v) is 3.04. The summed E-state index contributed by atoms with van der Waals surface area (Å²) < 4.78 is 10.6. The van der Waals surface area contributed by atoms with Gasteiger partial charge < -0.3 is 19.7 Å². The first-order valence-electron chi connectivity index (χ1n) is 8.31. The lowest BCUT2D eigenvalue weighted by Crippen LogP contribution is -3.12. The SMILES string of the molecule is COc1ccc(Cl)cc1NC(=O)c1ccc(C[NH+]2CCOCC2)cc1. The van der Waals surface area contributed by atoms with Gasteiger partial charge in [0.25, 0.3) is 5.91 Å². The van der Waals surface area contributed by atoms with Gasteiger partial charge in [-0.25, -0.2) is 0 Å². The third-order valence-electron chi connectivity index (χ3n) is 4.28. The van der Waals surface area contributed by atoms with E-state index in [-0.39, 0.29) is 5.91 Å². The molecule has 132 valence electrons. The van der Waals surface area contributed by atoms with Gasteiger partial charge in [0.2, 0.25) is 0 Å². The number of ether oxygens (including phenoxy) is 2. The van der Waals surface area contributed by atoms with E-state index in [1.807, 2.05) is 24.3 Å². The third kappa shape index (κ3) is 4.72. The number of benzene rings is 2. The summed E-state index contributed by atoms with van der Waals surface area (Å²) >= 11 is 6.00.